The van der Waals surface area contributed by atoms with Gasteiger partial charge in [-0.3, -0.25) is 0 Å². The lowest BCUT2D eigenvalue weighted by atomic mass is 10.0. The minimum atomic E-state index is -1.27. The van der Waals surface area contributed by atoms with Crippen molar-refractivity contribution in [2.45, 2.75) is 55.5 Å². The lowest BCUT2D eigenvalue weighted by Gasteiger charge is -2.39. The first kappa shape index (κ1) is 20.2. The van der Waals surface area contributed by atoms with Crippen LogP contribution < -0.4 is 0 Å². The zero-order valence-corrected chi connectivity index (χ0v) is 14.7. The fourth-order valence-corrected chi connectivity index (χ4v) is 3.63. The molecule has 0 aromatic rings. The van der Waals surface area contributed by atoms with Crippen LogP contribution in [-0.2, 0) is 4.74 Å². The summed E-state index contributed by atoms with van der Waals surface area (Å²) in [5, 5.41) is 38.5. The zero-order chi connectivity index (χ0) is 16.8. The van der Waals surface area contributed by atoms with Crippen molar-refractivity contribution in [3.63, 3.8) is 0 Å². The molecule has 0 saturated carbocycles. The Morgan fingerprint density at radius 2 is 1.55 bits per heavy atom. The molecule has 0 aromatic carbocycles. The minimum Gasteiger partial charge on any atom is -0.394 e. The first-order valence-electron chi connectivity index (χ1n) is 7.99. The molecule has 0 aliphatic carbocycles. The molecule has 0 aromatic heterocycles. The van der Waals surface area contributed by atoms with E-state index in [9.17, 15) is 15.3 Å². The largest absolute Gasteiger partial charge is 0.394 e. The third-order valence-electron chi connectivity index (χ3n) is 3.85. The molecular formula is C15H32NO5S+. The van der Waals surface area contributed by atoms with Crippen molar-refractivity contribution in [1.82, 2.24) is 0 Å². The molecule has 0 bridgehead atoms. The number of quaternary nitrogens is 1. The summed E-state index contributed by atoms with van der Waals surface area (Å²) >= 11 is 1.44. The number of ether oxygens (including phenoxy) is 1. The lowest BCUT2D eigenvalue weighted by Crippen LogP contribution is -2.57. The van der Waals surface area contributed by atoms with Crippen LogP contribution in [0.25, 0.3) is 0 Å². The third-order valence-corrected chi connectivity index (χ3v) is 5.10. The normalized spacial score (nSPS) is 33.1. The molecule has 0 unspecified atom stereocenters. The summed E-state index contributed by atoms with van der Waals surface area (Å²) in [6.07, 6.45) is 0.0713. The van der Waals surface area contributed by atoms with Crippen LogP contribution in [0.3, 0.4) is 0 Å². The molecule has 1 heterocycles. The average molecular weight is 338 g/mol. The van der Waals surface area contributed by atoms with E-state index in [-0.39, 0.29) is 6.61 Å². The standard InChI is InChI=1S/C15H32NO5S/c1-16(2,3)8-6-4-5-7-9-22-15-14(20)13(19)12(18)11(10-17)21-15/h11-15,17-20H,4-10H2,1-3H3/q+1/t11-,12-,13+,14+,15-/m1/s1. The molecule has 1 rings (SSSR count). The van der Waals surface area contributed by atoms with Crippen molar-refractivity contribution in [2.24, 2.45) is 0 Å². The van der Waals surface area contributed by atoms with Gasteiger partial charge in [0.25, 0.3) is 0 Å². The predicted octanol–water partition coefficient (Wildman–Crippen LogP) is -0.214. The van der Waals surface area contributed by atoms with E-state index in [0.717, 1.165) is 23.1 Å². The van der Waals surface area contributed by atoms with Crippen LogP contribution in [0.15, 0.2) is 0 Å². The molecule has 1 aliphatic rings. The maximum absolute atomic E-state index is 9.91. The highest BCUT2D eigenvalue weighted by molar-refractivity contribution is 7.99. The summed E-state index contributed by atoms with van der Waals surface area (Å²) in [6.45, 7) is 0.799. The quantitative estimate of drug-likeness (QED) is 0.343. The van der Waals surface area contributed by atoms with Gasteiger partial charge in [-0.2, -0.15) is 0 Å². The molecule has 1 fully saturated rings. The van der Waals surface area contributed by atoms with Gasteiger partial charge in [0.05, 0.1) is 34.3 Å². The second-order valence-corrected chi connectivity index (χ2v) is 8.20. The van der Waals surface area contributed by atoms with Crippen LogP contribution >= 0.6 is 11.8 Å². The van der Waals surface area contributed by atoms with Gasteiger partial charge >= 0.3 is 0 Å². The molecule has 0 spiro atoms. The van der Waals surface area contributed by atoms with E-state index < -0.39 is 29.9 Å². The van der Waals surface area contributed by atoms with E-state index in [1.807, 2.05) is 0 Å². The topological polar surface area (TPSA) is 90.2 Å². The number of thioether (sulfide) groups is 1. The van der Waals surface area contributed by atoms with Gasteiger partial charge in [0.1, 0.15) is 29.9 Å². The number of nitrogens with zero attached hydrogens (tertiary/aromatic N) is 1. The summed E-state index contributed by atoms with van der Waals surface area (Å²) in [6, 6.07) is 0. The van der Waals surface area contributed by atoms with Gasteiger partial charge in [0, 0.05) is 0 Å². The van der Waals surface area contributed by atoms with Crippen LogP contribution in [-0.4, -0.2) is 94.8 Å². The van der Waals surface area contributed by atoms with Crippen molar-refractivity contribution in [3.05, 3.63) is 0 Å². The van der Waals surface area contributed by atoms with Crippen LogP contribution in [0.1, 0.15) is 25.7 Å². The smallest absolute Gasteiger partial charge is 0.132 e. The molecule has 5 atom stereocenters. The first-order chi connectivity index (χ1) is 10.3. The fraction of sp³-hybridized carbons (Fsp3) is 1.00. The van der Waals surface area contributed by atoms with Gasteiger partial charge in [0.2, 0.25) is 0 Å². The van der Waals surface area contributed by atoms with Crippen molar-refractivity contribution in [3.8, 4) is 0 Å². The number of unbranched alkanes of at least 4 members (excludes halogenated alkanes) is 3. The first-order valence-corrected chi connectivity index (χ1v) is 9.03. The van der Waals surface area contributed by atoms with Crippen LogP contribution in [0.5, 0.6) is 0 Å². The summed E-state index contributed by atoms with van der Waals surface area (Å²) < 4.78 is 6.44. The molecule has 0 amide bonds. The van der Waals surface area contributed by atoms with E-state index >= 15 is 0 Å². The van der Waals surface area contributed by atoms with E-state index in [1.165, 1.54) is 31.1 Å². The monoisotopic (exact) mass is 338 g/mol. The van der Waals surface area contributed by atoms with Crippen molar-refractivity contribution >= 4 is 11.8 Å². The number of hydrogen-bond acceptors (Lipinski definition) is 6. The third kappa shape index (κ3) is 6.70. The predicted molar refractivity (Wildman–Crippen MR) is 87.6 cm³/mol. The van der Waals surface area contributed by atoms with Gasteiger partial charge in [0.15, 0.2) is 0 Å². The summed E-state index contributed by atoms with van der Waals surface area (Å²) in [5.41, 5.74) is -0.596. The second-order valence-electron chi connectivity index (χ2n) is 7.00. The Morgan fingerprint density at radius 3 is 2.14 bits per heavy atom. The van der Waals surface area contributed by atoms with Gasteiger partial charge in [-0.25, -0.2) is 0 Å². The van der Waals surface area contributed by atoms with Crippen molar-refractivity contribution in [2.75, 3.05) is 40.0 Å². The van der Waals surface area contributed by atoms with E-state index in [4.69, 9.17) is 9.84 Å². The number of aliphatic hydroxyl groups excluding tert-OH is 4. The Kier molecular flexibility index (Phi) is 8.63. The summed E-state index contributed by atoms with van der Waals surface area (Å²) in [5.74, 6) is 0.826. The Balaban J connectivity index is 2.18. The Bertz CT molecular complexity index is 311. The SMILES string of the molecule is C[N+](C)(C)CCCCCCS[C@H]1O[C@H](CO)[C@@H](O)[C@H](O)[C@@H]1O. The van der Waals surface area contributed by atoms with Gasteiger partial charge in [-0.1, -0.05) is 6.42 Å². The molecule has 6 nitrogen and oxygen atoms in total. The van der Waals surface area contributed by atoms with E-state index in [2.05, 4.69) is 21.1 Å². The van der Waals surface area contributed by atoms with Crippen LogP contribution in [0, 0.1) is 0 Å². The van der Waals surface area contributed by atoms with Gasteiger partial charge in [-0.05, 0) is 25.0 Å². The molecule has 7 heteroatoms. The van der Waals surface area contributed by atoms with E-state index in [1.54, 1.807) is 0 Å². The Morgan fingerprint density at radius 1 is 0.909 bits per heavy atom. The van der Waals surface area contributed by atoms with Gasteiger partial charge < -0.3 is 29.6 Å². The molecular weight excluding hydrogens is 306 g/mol. The maximum atomic E-state index is 9.91. The zero-order valence-electron chi connectivity index (χ0n) is 13.9. The highest BCUT2D eigenvalue weighted by atomic mass is 32.2. The molecule has 4 N–H and O–H groups in total. The second kappa shape index (κ2) is 9.42. The number of aliphatic hydroxyl groups is 4. The molecule has 22 heavy (non-hydrogen) atoms. The Labute approximate surface area is 137 Å². The number of hydrogen-bond donors (Lipinski definition) is 4. The summed E-state index contributed by atoms with van der Waals surface area (Å²) in [7, 11) is 6.57. The van der Waals surface area contributed by atoms with Crippen LogP contribution in [0.4, 0.5) is 0 Å². The fourth-order valence-electron chi connectivity index (χ4n) is 2.45. The van der Waals surface area contributed by atoms with Crippen molar-refractivity contribution in [1.29, 1.82) is 0 Å². The van der Waals surface area contributed by atoms with E-state index in [0.29, 0.717) is 0 Å². The molecule has 1 aliphatic heterocycles. The number of rotatable bonds is 9. The average Bonchev–Trinajstić information content (AvgIpc) is 2.45. The maximum Gasteiger partial charge on any atom is 0.132 e. The summed E-state index contributed by atoms with van der Waals surface area (Å²) in [4.78, 5) is 0. The van der Waals surface area contributed by atoms with Gasteiger partial charge in [-0.15, -0.1) is 11.8 Å². The minimum absolute atomic E-state index is 0.368. The highest BCUT2D eigenvalue weighted by Gasteiger charge is 2.43. The Hall–Kier alpha value is 0.110. The van der Waals surface area contributed by atoms with Crippen molar-refractivity contribution < 1.29 is 29.6 Å². The molecule has 1 saturated heterocycles. The van der Waals surface area contributed by atoms with Crippen LogP contribution in [0.2, 0.25) is 0 Å². The molecule has 0 radical (unpaired) electrons. The highest BCUT2D eigenvalue weighted by Crippen LogP contribution is 2.29. The lowest BCUT2D eigenvalue weighted by molar-refractivity contribution is -0.870. The molecule has 132 valence electrons.